The van der Waals surface area contributed by atoms with Crippen LogP contribution in [-0.4, -0.2) is 36.0 Å². The average Bonchev–Trinajstić information content (AvgIpc) is 3.34. The van der Waals surface area contributed by atoms with Crippen molar-refractivity contribution < 1.29 is 9.21 Å². The van der Waals surface area contributed by atoms with Crippen molar-refractivity contribution in [3.8, 4) is 0 Å². The standard InChI is InChI=1S/C19H24N4O2.ClH/c1-12-7-8-18(25-12)16-9-17(22-21-16)19(24)23-10-14(15(20)11-23)13-5-3-2-4-6-13;/h2-8,14-17,21-22H,9-11,20H2,1H3;1H/t14-,15+,16?,17?;/m0./s1. The lowest BCUT2D eigenvalue weighted by molar-refractivity contribution is -0.132. The molecule has 2 fully saturated rings. The molecule has 2 unspecified atom stereocenters. The highest BCUT2D eigenvalue weighted by molar-refractivity contribution is 5.85. The van der Waals surface area contributed by atoms with Crippen LogP contribution < -0.4 is 16.6 Å². The molecule has 4 atom stereocenters. The second-order valence-electron chi connectivity index (χ2n) is 7.00. The quantitative estimate of drug-likeness (QED) is 0.761. The summed E-state index contributed by atoms with van der Waals surface area (Å²) in [4.78, 5) is 14.8. The maximum absolute atomic E-state index is 12.9. The summed E-state index contributed by atoms with van der Waals surface area (Å²) >= 11 is 0. The van der Waals surface area contributed by atoms with Crippen molar-refractivity contribution in [3.63, 3.8) is 0 Å². The summed E-state index contributed by atoms with van der Waals surface area (Å²) in [5, 5.41) is 0. The highest BCUT2D eigenvalue weighted by Crippen LogP contribution is 2.29. The molecule has 4 N–H and O–H groups in total. The van der Waals surface area contributed by atoms with Gasteiger partial charge in [-0.15, -0.1) is 12.4 Å². The number of nitrogens with two attached hydrogens (primary N) is 1. The van der Waals surface area contributed by atoms with Gasteiger partial charge in [-0.3, -0.25) is 4.79 Å². The highest BCUT2D eigenvalue weighted by Gasteiger charge is 2.39. The van der Waals surface area contributed by atoms with Crippen LogP contribution in [0, 0.1) is 6.92 Å². The number of nitrogens with one attached hydrogen (secondary N) is 2. The van der Waals surface area contributed by atoms with E-state index < -0.39 is 0 Å². The summed E-state index contributed by atoms with van der Waals surface area (Å²) in [6.07, 6.45) is 0.674. The monoisotopic (exact) mass is 376 g/mol. The number of benzene rings is 1. The largest absolute Gasteiger partial charge is 0.465 e. The lowest BCUT2D eigenvalue weighted by atomic mass is 9.95. The van der Waals surface area contributed by atoms with Gasteiger partial charge < -0.3 is 15.1 Å². The fraction of sp³-hybridized carbons (Fsp3) is 0.421. The Balaban J connectivity index is 0.00000196. The summed E-state index contributed by atoms with van der Waals surface area (Å²) in [5.41, 5.74) is 13.8. The van der Waals surface area contributed by atoms with E-state index in [-0.39, 0.29) is 42.4 Å². The highest BCUT2D eigenvalue weighted by atomic mass is 35.5. The number of rotatable bonds is 3. The van der Waals surface area contributed by atoms with E-state index in [1.807, 2.05) is 42.2 Å². The SMILES string of the molecule is Cc1ccc(C2CC(C(=O)N3C[C@@H](N)[C@H](c4ccccc4)C3)NN2)o1.Cl. The topological polar surface area (TPSA) is 83.5 Å². The molecular weight excluding hydrogens is 352 g/mol. The fourth-order valence-corrected chi connectivity index (χ4v) is 3.83. The number of amides is 1. The van der Waals surface area contributed by atoms with Crippen LogP contribution in [0.1, 0.15) is 35.5 Å². The Labute approximate surface area is 159 Å². The second-order valence-corrected chi connectivity index (χ2v) is 7.00. The van der Waals surface area contributed by atoms with E-state index in [4.69, 9.17) is 10.2 Å². The molecule has 0 aliphatic carbocycles. The minimum Gasteiger partial charge on any atom is -0.465 e. The summed E-state index contributed by atoms with van der Waals surface area (Å²) in [6.45, 7) is 3.19. The van der Waals surface area contributed by atoms with Gasteiger partial charge in [-0.05, 0) is 31.0 Å². The lowest BCUT2D eigenvalue weighted by Gasteiger charge is -2.20. The van der Waals surface area contributed by atoms with Crippen molar-refractivity contribution in [2.24, 2.45) is 5.73 Å². The van der Waals surface area contributed by atoms with Crippen molar-refractivity contribution in [1.82, 2.24) is 15.8 Å². The van der Waals surface area contributed by atoms with Gasteiger partial charge in [0, 0.05) is 25.0 Å². The molecule has 1 amide bonds. The maximum atomic E-state index is 12.9. The van der Waals surface area contributed by atoms with Crippen molar-refractivity contribution in [2.75, 3.05) is 13.1 Å². The first-order chi connectivity index (χ1) is 12.1. The number of hydrogen-bond donors (Lipinski definition) is 3. The number of carbonyl (C=O) groups excluding carboxylic acids is 1. The molecule has 2 saturated heterocycles. The minimum atomic E-state index is -0.253. The number of hydrogen-bond acceptors (Lipinski definition) is 5. The molecule has 2 aromatic rings. The summed E-state index contributed by atoms with van der Waals surface area (Å²) < 4.78 is 5.67. The van der Waals surface area contributed by atoms with Crippen LogP contribution in [0.5, 0.6) is 0 Å². The first-order valence-electron chi connectivity index (χ1n) is 8.78. The average molecular weight is 377 g/mol. The van der Waals surface area contributed by atoms with Gasteiger partial charge in [0.15, 0.2) is 0 Å². The number of hydrazine groups is 1. The molecule has 26 heavy (non-hydrogen) atoms. The van der Waals surface area contributed by atoms with Crippen LogP contribution in [0.15, 0.2) is 46.9 Å². The molecule has 6 nitrogen and oxygen atoms in total. The number of carbonyl (C=O) groups is 1. The Bertz CT molecular complexity index is 751. The van der Waals surface area contributed by atoms with Crippen molar-refractivity contribution >= 4 is 18.3 Å². The van der Waals surface area contributed by atoms with Gasteiger partial charge in [0.2, 0.25) is 5.91 Å². The predicted octanol–water partition coefficient (Wildman–Crippen LogP) is 1.87. The molecule has 140 valence electrons. The smallest absolute Gasteiger partial charge is 0.241 e. The number of halogens is 1. The van der Waals surface area contributed by atoms with Gasteiger partial charge in [0.1, 0.15) is 17.6 Å². The number of nitrogens with zero attached hydrogens (tertiary/aromatic N) is 1. The van der Waals surface area contributed by atoms with E-state index in [0.717, 1.165) is 11.5 Å². The molecule has 7 heteroatoms. The van der Waals surface area contributed by atoms with Crippen molar-refractivity contribution in [3.05, 3.63) is 59.5 Å². The van der Waals surface area contributed by atoms with Crippen LogP contribution in [0.2, 0.25) is 0 Å². The van der Waals surface area contributed by atoms with Gasteiger partial charge >= 0.3 is 0 Å². The maximum Gasteiger partial charge on any atom is 0.241 e. The number of aryl methyl sites for hydroxylation is 1. The molecule has 2 aliphatic rings. The molecule has 0 radical (unpaired) electrons. The number of furan rings is 1. The normalized spacial score (nSPS) is 28.2. The summed E-state index contributed by atoms with van der Waals surface area (Å²) in [7, 11) is 0. The fourth-order valence-electron chi connectivity index (χ4n) is 3.83. The van der Waals surface area contributed by atoms with Crippen LogP contribution >= 0.6 is 12.4 Å². The van der Waals surface area contributed by atoms with Gasteiger partial charge in [0.25, 0.3) is 0 Å². The number of likely N-dealkylation sites (tertiary alicyclic amines) is 1. The molecule has 3 heterocycles. The first-order valence-corrected chi connectivity index (χ1v) is 8.78. The third-order valence-corrected chi connectivity index (χ3v) is 5.21. The van der Waals surface area contributed by atoms with Crippen LogP contribution in [0.4, 0.5) is 0 Å². The molecule has 1 aromatic carbocycles. The van der Waals surface area contributed by atoms with E-state index in [9.17, 15) is 4.79 Å². The Morgan fingerprint density at radius 2 is 1.92 bits per heavy atom. The van der Waals surface area contributed by atoms with E-state index in [0.29, 0.717) is 19.5 Å². The molecule has 0 bridgehead atoms. The van der Waals surface area contributed by atoms with Gasteiger partial charge in [0.05, 0.1) is 6.04 Å². The van der Waals surface area contributed by atoms with Crippen molar-refractivity contribution in [2.45, 2.75) is 37.4 Å². The molecule has 2 aliphatic heterocycles. The van der Waals surface area contributed by atoms with Gasteiger partial charge in [-0.2, -0.15) is 0 Å². The minimum absolute atomic E-state index is 0. The zero-order valence-corrected chi connectivity index (χ0v) is 15.5. The third-order valence-electron chi connectivity index (χ3n) is 5.21. The third kappa shape index (κ3) is 3.64. The van der Waals surface area contributed by atoms with Crippen LogP contribution in [0.3, 0.4) is 0 Å². The van der Waals surface area contributed by atoms with E-state index >= 15 is 0 Å². The zero-order valence-electron chi connectivity index (χ0n) is 14.7. The van der Waals surface area contributed by atoms with Crippen LogP contribution in [-0.2, 0) is 4.79 Å². The Morgan fingerprint density at radius 1 is 1.15 bits per heavy atom. The van der Waals surface area contributed by atoms with Gasteiger partial charge in [-0.1, -0.05) is 30.3 Å². The summed E-state index contributed by atoms with van der Waals surface area (Å²) in [5.74, 6) is 2.04. The zero-order chi connectivity index (χ0) is 17.4. The first kappa shape index (κ1) is 18.9. The van der Waals surface area contributed by atoms with Gasteiger partial charge in [-0.25, -0.2) is 10.9 Å². The Morgan fingerprint density at radius 3 is 2.62 bits per heavy atom. The molecule has 4 rings (SSSR count). The van der Waals surface area contributed by atoms with E-state index in [1.165, 1.54) is 5.56 Å². The van der Waals surface area contributed by atoms with E-state index in [1.54, 1.807) is 0 Å². The van der Waals surface area contributed by atoms with Crippen molar-refractivity contribution in [1.29, 1.82) is 0 Å². The van der Waals surface area contributed by atoms with Crippen LogP contribution in [0.25, 0.3) is 0 Å². The molecule has 1 aromatic heterocycles. The Kier molecular flexibility index (Phi) is 5.67. The second kappa shape index (κ2) is 7.80. The van der Waals surface area contributed by atoms with E-state index in [2.05, 4.69) is 23.0 Å². The molecular formula is C19H25ClN4O2. The predicted molar refractivity (Wildman–Crippen MR) is 102 cm³/mol. The molecule has 0 saturated carbocycles. The lowest BCUT2D eigenvalue weighted by Crippen LogP contribution is -2.45. The Hall–Kier alpha value is -1.86. The summed E-state index contributed by atoms with van der Waals surface area (Å²) in [6, 6.07) is 13.8. The molecule has 0 spiro atoms.